The van der Waals surface area contributed by atoms with Crippen LogP contribution in [-0.2, 0) is 16.6 Å². The number of rotatable bonds is 6. The Kier molecular flexibility index (Phi) is 6.66. The molecule has 160 valence electrons. The van der Waals surface area contributed by atoms with Crippen LogP contribution in [0.15, 0.2) is 82.7 Å². The molecule has 0 aliphatic heterocycles. The van der Waals surface area contributed by atoms with Crippen LogP contribution in [0.2, 0.25) is 0 Å². The minimum atomic E-state index is -3.81. The summed E-state index contributed by atoms with van der Waals surface area (Å²) in [5.41, 5.74) is 8.28. The number of carbonyl (C=O) groups is 1. The van der Waals surface area contributed by atoms with Gasteiger partial charge < -0.3 is 11.1 Å². The molecule has 0 aromatic heterocycles. The van der Waals surface area contributed by atoms with Crippen LogP contribution in [0.5, 0.6) is 0 Å². The SMILES string of the molecule is Cc1ccc(S(=O)(=O)NC(N)=NCc2ccc(C(=O)Nc3ccc(F)cc3)cc2)cc1. The smallest absolute Gasteiger partial charge is 0.264 e. The van der Waals surface area contributed by atoms with Gasteiger partial charge in [-0.3, -0.25) is 4.79 Å². The van der Waals surface area contributed by atoms with Crippen molar-refractivity contribution < 1.29 is 17.6 Å². The van der Waals surface area contributed by atoms with Crippen molar-refractivity contribution in [3.8, 4) is 0 Å². The first kappa shape index (κ1) is 22.0. The zero-order chi connectivity index (χ0) is 22.4. The lowest BCUT2D eigenvalue weighted by atomic mass is 10.1. The minimum Gasteiger partial charge on any atom is -0.369 e. The topological polar surface area (TPSA) is 114 Å². The minimum absolute atomic E-state index is 0.0905. The molecule has 1 amide bonds. The number of aliphatic imine (C=N–C) groups is 1. The molecule has 3 aromatic carbocycles. The van der Waals surface area contributed by atoms with Gasteiger partial charge in [0.1, 0.15) is 5.82 Å². The Morgan fingerprint density at radius 1 is 0.968 bits per heavy atom. The van der Waals surface area contributed by atoms with E-state index in [0.717, 1.165) is 11.1 Å². The molecular formula is C22H21FN4O3S. The van der Waals surface area contributed by atoms with Gasteiger partial charge in [0, 0.05) is 11.3 Å². The van der Waals surface area contributed by atoms with Gasteiger partial charge in [0.05, 0.1) is 11.4 Å². The summed E-state index contributed by atoms with van der Waals surface area (Å²) in [5, 5.41) is 2.67. The van der Waals surface area contributed by atoms with E-state index < -0.39 is 10.0 Å². The number of sulfonamides is 1. The quantitative estimate of drug-likeness (QED) is 0.403. The first-order chi connectivity index (χ1) is 14.7. The third kappa shape index (κ3) is 6.13. The van der Waals surface area contributed by atoms with Crippen LogP contribution in [0.1, 0.15) is 21.5 Å². The van der Waals surface area contributed by atoms with Gasteiger partial charge in [0.25, 0.3) is 15.9 Å². The Morgan fingerprint density at radius 3 is 2.19 bits per heavy atom. The molecule has 0 aliphatic carbocycles. The molecule has 0 spiro atoms. The lowest BCUT2D eigenvalue weighted by Crippen LogP contribution is -2.36. The number of halogens is 1. The molecule has 3 rings (SSSR count). The van der Waals surface area contributed by atoms with Gasteiger partial charge in [-0.05, 0) is 61.0 Å². The molecule has 0 bridgehead atoms. The molecule has 0 heterocycles. The molecule has 0 fully saturated rings. The van der Waals surface area contributed by atoms with Crippen LogP contribution in [-0.4, -0.2) is 20.3 Å². The Labute approximate surface area is 179 Å². The fourth-order valence-electron chi connectivity index (χ4n) is 2.62. The van der Waals surface area contributed by atoms with E-state index in [2.05, 4.69) is 15.0 Å². The van der Waals surface area contributed by atoms with Crippen LogP contribution in [0, 0.1) is 12.7 Å². The zero-order valence-electron chi connectivity index (χ0n) is 16.7. The average molecular weight is 441 g/mol. The van der Waals surface area contributed by atoms with Gasteiger partial charge in [-0.15, -0.1) is 0 Å². The van der Waals surface area contributed by atoms with Gasteiger partial charge >= 0.3 is 0 Å². The lowest BCUT2D eigenvalue weighted by molar-refractivity contribution is 0.102. The van der Waals surface area contributed by atoms with Crippen molar-refractivity contribution in [1.82, 2.24) is 4.72 Å². The molecule has 7 nitrogen and oxygen atoms in total. The largest absolute Gasteiger partial charge is 0.369 e. The maximum Gasteiger partial charge on any atom is 0.264 e. The number of nitrogens with one attached hydrogen (secondary N) is 2. The number of aryl methyl sites for hydroxylation is 1. The maximum atomic E-state index is 12.9. The first-order valence-electron chi connectivity index (χ1n) is 9.28. The normalized spacial score (nSPS) is 11.7. The number of anilines is 1. The predicted octanol–water partition coefficient (Wildman–Crippen LogP) is 3.18. The summed E-state index contributed by atoms with van der Waals surface area (Å²) in [6.07, 6.45) is 0. The predicted molar refractivity (Wildman–Crippen MR) is 118 cm³/mol. The average Bonchev–Trinajstić information content (AvgIpc) is 2.74. The fraction of sp³-hybridized carbons (Fsp3) is 0.0909. The Hall–Kier alpha value is -3.72. The summed E-state index contributed by atoms with van der Waals surface area (Å²) in [7, 11) is -3.81. The number of benzene rings is 3. The summed E-state index contributed by atoms with van der Waals surface area (Å²) < 4.78 is 39.8. The highest BCUT2D eigenvalue weighted by Gasteiger charge is 2.14. The molecule has 0 unspecified atom stereocenters. The third-order valence-electron chi connectivity index (χ3n) is 4.32. The number of nitrogens with two attached hydrogens (primary N) is 1. The monoisotopic (exact) mass is 440 g/mol. The van der Waals surface area contributed by atoms with E-state index in [-0.39, 0.29) is 29.1 Å². The molecule has 0 saturated carbocycles. The van der Waals surface area contributed by atoms with Gasteiger partial charge in [-0.1, -0.05) is 29.8 Å². The summed E-state index contributed by atoms with van der Waals surface area (Å²) in [6.45, 7) is 1.99. The molecule has 0 aliphatic rings. The second kappa shape index (κ2) is 9.40. The van der Waals surface area contributed by atoms with Crippen molar-refractivity contribution >= 4 is 27.6 Å². The van der Waals surface area contributed by atoms with Crippen molar-refractivity contribution in [3.63, 3.8) is 0 Å². The Balaban J connectivity index is 1.59. The Bertz CT molecular complexity index is 1190. The van der Waals surface area contributed by atoms with Crippen LogP contribution >= 0.6 is 0 Å². The third-order valence-corrected chi connectivity index (χ3v) is 5.69. The fourth-order valence-corrected chi connectivity index (χ4v) is 3.57. The zero-order valence-corrected chi connectivity index (χ0v) is 17.5. The molecule has 0 saturated heterocycles. The molecule has 0 atom stereocenters. The first-order valence-corrected chi connectivity index (χ1v) is 10.8. The number of carbonyl (C=O) groups excluding carboxylic acids is 1. The van der Waals surface area contributed by atoms with Crippen molar-refractivity contribution in [2.75, 3.05) is 5.32 Å². The molecule has 31 heavy (non-hydrogen) atoms. The molecule has 0 radical (unpaired) electrons. The van der Waals surface area contributed by atoms with E-state index in [9.17, 15) is 17.6 Å². The standard InChI is InChI=1S/C22H21FN4O3S/c1-15-2-12-20(13-3-15)31(29,30)27-22(24)25-14-16-4-6-17(7-5-16)21(28)26-19-10-8-18(23)9-11-19/h2-13H,14H2,1H3,(H,26,28)(H3,24,25,27). The summed E-state index contributed by atoms with van der Waals surface area (Å²) in [6, 6.07) is 18.4. The lowest BCUT2D eigenvalue weighted by Gasteiger charge is -2.08. The van der Waals surface area contributed by atoms with Gasteiger partial charge in [0.2, 0.25) is 5.96 Å². The highest BCUT2D eigenvalue weighted by atomic mass is 32.2. The van der Waals surface area contributed by atoms with Crippen molar-refractivity contribution in [2.24, 2.45) is 10.7 Å². The van der Waals surface area contributed by atoms with Gasteiger partial charge in [-0.2, -0.15) is 0 Å². The molecule has 4 N–H and O–H groups in total. The van der Waals surface area contributed by atoms with Crippen LogP contribution in [0.25, 0.3) is 0 Å². The van der Waals surface area contributed by atoms with E-state index in [1.165, 1.54) is 36.4 Å². The Morgan fingerprint density at radius 2 is 1.58 bits per heavy atom. The van der Waals surface area contributed by atoms with Crippen LogP contribution < -0.4 is 15.8 Å². The summed E-state index contributed by atoms with van der Waals surface area (Å²) in [5.74, 6) is -0.964. The van der Waals surface area contributed by atoms with Crippen LogP contribution in [0.3, 0.4) is 0 Å². The summed E-state index contributed by atoms with van der Waals surface area (Å²) in [4.78, 5) is 16.4. The molecular weight excluding hydrogens is 419 g/mol. The summed E-state index contributed by atoms with van der Waals surface area (Å²) >= 11 is 0. The second-order valence-corrected chi connectivity index (χ2v) is 8.46. The maximum absolute atomic E-state index is 12.9. The van der Waals surface area contributed by atoms with Gasteiger partial charge in [0.15, 0.2) is 0 Å². The van der Waals surface area contributed by atoms with E-state index in [4.69, 9.17) is 5.73 Å². The number of hydrogen-bond acceptors (Lipinski definition) is 4. The highest BCUT2D eigenvalue weighted by molar-refractivity contribution is 7.90. The van der Waals surface area contributed by atoms with Crippen LogP contribution in [0.4, 0.5) is 10.1 Å². The van der Waals surface area contributed by atoms with E-state index in [1.807, 2.05) is 6.92 Å². The van der Waals surface area contributed by atoms with Crippen molar-refractivity contribution in [1.29, 1.82) is 0 Å². The van der Waals surface area contributed by atoms with Gasteiger partial charge in [-0.25, -0.2) is 22.5 Å². The van der Waals surface area contributed by atoms with E-state index in [0.29, 0.717) is 11.3 Å². The van der Waals surface area contributed by atoms with E-state index in [1.54, 1.807) is 36.4 Å². The van der Waals surface area contributed by atoms with Crippen molar-refractivity contribution in [2.45, 2.75) is 18.4 Å². The molecule has 9 heteroatoms. The number of nitrogens with zero attached hydrogens (tertiary/aromatic N) is 1. The number of hydrogen-bond donors (Lipinski definition) is 3. The highest BCUT2D eigenvalue weighted by Crippen LogP contribution is 2.12. The number of amides is 1. The van der Waals surface area contributed by atoms with E-state index >= 15 is 0 Å². The number of guanidine groups is 1. The van der Waals surface area contributed by atoms with Crippen molar-refractivity contribution in [3.05, 3.63) is 95.3 Å². The second-order valence-electron chi connectivity index (χ2n) is 6.78. The molecule has 3 aromatic rings.